The van der Waals surface area contributed by atoms with Crippen LogP contribution < -0.4 is 45.3 Å². The number of nitrogens with one attached hydrogen (secondary N) is 2. The quantitative estimate of drug-likeness (QED) is 0.223. The standard InChI is InChI=1S/C22H25N3O7S.Na/c1-9-16-15(10(2)26)20(28)25(16)17(22(31)32)18(9)33-13-7-14(23-8-13)19(27)24-12-5-3-4-11(6-12)21(29)30;/h3-6,9-10,13-16,23,26H,7-8H2,1-2H3,(H,24,27)(H,29,30)(H,31,32);/q;+1/p-1/t9-,10-,13+,14+,15-,16+;/m1./s1. The van der Waals surface area contributed by atoms with E-state index in [0.29, 0.717) is 23.6 Å². The number of fused-ring (bicyclic) bond motifs is 1. The summed E-state index contributed by atoms with van der Waals surface area (Å²) in [5.41, 5.74) is 0.293. The van der Waals surface area contributed by atoms with Gasteiger partial charge in [0, 0.05) is 28.3 Å². The van der Waals surface area contributed by atoms with E-state index < -0.39 is 42.0 Å². The Hall–Kier alpha value is -1.89. The van der Waals surface area contributed by atoms with Crippen LogP contribution in [0.3, 0.4) is 0 Å². The number of hydrogen-bond donors (Lipinski definition) is 4. The Morgan fingerprint density at radius 1 is 1.32 bits per heavy atom. The molecule has 2 fully saturated rings. The van der Waals surface area contributed by atoms with Crippen molar-refractivity contribution in [3.63, 3.8) is 0 Å². The number of β-lactam (4-membered cyclic amide) rings is 1. The van der Waals surface area contributed by atoms with Crippen molar-refractivity contribution in [2.45, 2.75) is 43.7 Å². The van der Waals surface area contributed by atoms with Crippen LogP contribution in [0.25, 0.3) is 0 Å². The Bertz CT molecular complexity index is 1060. The van der Waals surface area contributed by atoms with E-state index in [4.69, 9.17) is 5.11 Å². The second-order valence-electron chi connectivity index (χ2n) is 8.57. The number of nitrogens with zero attached hydrogens (tertiary/aromatic N) is 1. The van der Waals surface area contributed by atoms with Gasteiger partial charge in [0.2, 0.25) is 11.8 Å². The molecule has 3 aliphatic heterocycles. The van der Waals surface area contributed by atoms with Crippen molar-refractivity contribution in [3.8, 4) is 0 Å². The van der Waals surface area contributed by atoms with E-state index >= 15 is 0 Å². The number of carboxylic acids is 2. The Balaban J connectivity index is 0.00000324. The number of thioether (sulfide) groups is 1. The predicted octanol–water partition coefficient (Wildman–Crippen LogP) is -3.39. The van der Waals surface area contributed by atoms with Crippen molar-refractivity contribution in [2.24, 2.45) is 11.8 Å². The molecule has 6 atom stereocenters. The number of aliphatic carboxylic acids is 1. The molecule has 0 unspecified atom stereocenters. The molecule has 4 N–H and O–H groups in total. The van der Waals surface area contributed by atoms with Gasteiger partial charge >= 0.3 is 35.5 Å². The number of hydrogen-bond acceptors (Lipinski definition) is 8. The molecule has 1 aromatic carbocycles. The zero-order chi connectivity index (χ0) is 24.0. The average molecular weight is 498 g/mol. The number of benzene rings is 1. The van der Waals surface area contributed by atoms with E-state index in [9.17, 15) is 29.4 Å². The number of carboxylic acid groups (broad SMARTS) is 2. The Morgan fingerprint density at radius 3 is 2.65 bits per heavy atom. The summed E-state index contributed by atoms with van der Waals surface area (Å²) in [6.45, 7) is 3.80. The molecule has 3 heterocycles. The van der Waals surface area contributed by atoms with Gasteiger partial charge in [-0.1, -0.05) is 13.0 Å². The molecule has 0 saturated carbocycles. The molecule has 2 amide bonds. The molecule has 1 aromatic rings. The van der Waals surface area contributed by atoms with Crippen LogP contribution in [0.2, 0.25) is 0 Å². The minimum absolute atomic E-state index is 0. The summed E-state index contributed by atoms with van der Waals surface area (Å²) < 4.78 is 0. The minimum Gasteiger partial charge on any atom is -0.543 e. The maximum atomic E-state index is 12.7. The van der Waals surface area contributed by atoms with Gasteiger partial charge in [-0.05, 0) is 31.5 Å². The molecule has 4 rings (SSSR count). The van der Waals surface area contributed by atoms with Crippen LogP contribution in [0.15, 0.2) is 34.9 Å². The summed E-state index contributed by atoms with van der Waals surface area (Å²) in [6, 6.07) is 4.99. The molecule has 0 bridgehead atoms. The van der Waals surface area contributed by atoms with Crippen LogP contribution >= 0.6 is 11.8 Å². The van der Waals surface area contributed by atoms with Crippen LogP contribution in [-0.2, 0) is 14.4 Å². The van der Waals surface area contributed by atoms with Gasteiger partial charge in [-0.15, -0.1) is 11.8 Å². The Labute approximate surface area is 222 Å². The van der Waals surface area contributed by atoms with Crippen molar-refractivity contribution in [1.29, 1.82) is 0 Å². The number of carbonyl (C=O) groups excluding carboxylic acids is 3. The summed E-state index contributed by atoms with van der Waals surface area (Å²) in [5.74, 6) is -4.17. The first-order chi connectivity index (χ1) is 15.6. The molecular formula is C22H24N3NaO7S. The van der Waals surface area contributed by atoms with Crippen molar-refractivity contribution in [1.82, 2.24) is 10.2 Å². The van der Waals surface area contributed by atoms with Crippen LogP contribution in [0.4, 0.5) is 5.69 Å². The molecule has 0 spiro atoms. The number of aromatic carboxylic acids is 1. The van der Waals surface area contributed by atoms with E-state index in [1.165, 1.54) is 35.7 Å². The molecule has 0 radical (unpaired) electrons. The van der Waals surface area contributed by atoms with E-state index in [2.05, 4.69) is 10.6 Å². The van der Waals surface area contributed by atoms with Crippen molar-refractivity contribution >= 4 is 41.2 Å². The van der Waals surface area contributed by atoms with Gasteiger partial charge in [-0.2, -0.15) is 0 Å². The molecule has 3 aliphatic rings. The normalized spacial score (nSPS) is 28.6. The van der Waals surface area contributed by atoms with Crippen LogP contribution in [0, 0.1) is 11.8 Å². The third-order valence-corrected chi connectivity index (χ3v) is 7.89. The molecule has 34 heavy (non-hydrogen) atoms. The third kappa shape index (κ3) is 4.77. The number of anilines is 1. The summed E-state index contributed by atoms with van der Waals surface area (Å²) in [5, 5.41) is 36.6. The molecule has 12 heteroatoms. The second-order valence-corrected chi connectivity index (χ2v) is 9.91. The Morgan fingerprint density at radius 2 is 2.03 bits per heavy atom. The fraction of sp³-hybridized carbons (Fsp3) is 0.455. The van der Waals surface area contributed by atoms with Gasteiger partial charge in [0.25, 0.3) is 0 Å². The fourth-order valence-electron chi connectivity index (χ4n) is 4.80. The number of rotatable bonds is 7. The van der Waals surface area contributed by atoms with Crippen LogP contribution in [0.5, 0.6) is 0 Å². The van der Waals surface area contributed by atoms with Gasteiger partial charge in [0.1, 0.15) is 0 Å². The molecule has 10 nitrogen and oxygen atoms in total. The average Bonchev–Trinajstić information content (AvgIpc) is 3.30. The SMILES string of the molecule is C[C@@H](O)[C@H]1C(=O)N2C(C(=O)[O-])=C(S[C@@H]3CN[C@H](C(=O)Nc4cccc(C(=O)O)c4)C3)[C@H](C)[C@@H]12.[Na+]. The molecular weight excluding hydrogens is 473 g/mol. The van der Waals surface area contributed by atoms with Crippen LogP contribution in [-0.4, -0.2) is 68.8 Å². The molecule has 2 saturated heterocycles. The maximum absolute atomic E-state index is 12.7. The third-order valence-electron chi connectivity index (χ3n) is 6.38. The summed E-state index contributed by atoms with van der Waals surface area (Å²) in [4.78, 5) is 49.8. The first-order valence-corrected chi connectivity index (χ1v) is 11.5. The number of aliphatic hydroxyl groups is 1. The monoisotopic (exact) mass is 497 g/mol. The van der Waals surface area contributed by atoms with Gasteiger partial charge in [0.15, 0.2) is 0 Å². The van der Waals surface area contributed by atoms with Crippen molar-refractivity contribution in [3.05, 3.63) is 40.4 Å². The fourth-order valence-corrected chi connectivity index (χ4v) is 6.28. The topological polar surface area (TPSA) is 159 Å². The smallest absolute Gasteiger partial charge is 0.543 e. The summed E-state index contributed by atoms with van der Waals surface area (Å²) in [6.07, 6.45) is -0.459. The van der Waals surface area contributed by atoms with Gasteiger partial charge in [-0.3, -0.25) is 9.59 Å². The first kappa shape index (κ1) is 26.7. The number of carbonyl (C=O) groups is 4. The molecule has 176 valence electrons. The maximum Gasteiger partial charge on any atom is 1.00 e. The second kappa shape index (κ2) is 10.4. The number of amides is 2. The summed E-state index contributed by atoms with van der Waals surface area (Å²) >= 11 is 1.32. The van der Waals surface area contributed by atoms with Gasteiger partial charge in [-0.25, -0.2) is 4.79 Å². The minimum atomic E-state index is -1.43. The largest absolute Gasteiger partial charge is 1.00 e. The van der Waals surface area contributed by atoms with Gasteiger partial charge < -0.3 is 35.6 Å². The van der Waals surface area contributed by atoms with Crippen LogP contribution in [0.1, 0.15) is 30.6 Å². The summed E-state index contributed by atoms with van der Waals surface area (Å²) in [7, 11) is 0. The van der Waals surface area contributed by atoms with E-state index in [1.807, 2.05) is 6.92 Å². The predicted molar refractivity (Wildman–Crippen MR) is 117 cm³/mol. The van der Waals surface area contributed by atoms with E-state index in [0.717, 1.165) is 0 Å². The van der Waals surface area contributed by atoms with Crippen molar-refractivity contribution in [2.75, 3.05) is 11.9 Å². The first-order valence-electron chi connectivity index (χ1n) is 10.6. The molecule has 0 aliphatic carbocycles. The van der Waals surface area contributed by atoms with Gasteiger partial charge in [0.05, 0.1) is 41.3 Å². The zero-order valence-electron chi connectivity index (χ0n) is 19.0. The van der Waals surface area contributed by atoms with Crippen molar-refractivity contribution < 1.29 is 64.1 Å². The molecule has 0 aromatic heterocycles. The Kier molecular flexibility index (Phi) is 8.16. The number of aliphatic hydroxyl groups excluding tert-OH is 1. The van der Waals surface area contributed by atoms with E-state index in [-0.39, 0.29) is 57.9 Å². The zero-order valence-corrected chi connectivity index (χ0v) is 21.8. The van der Waals surface area contributed by atoms with E-state index in [1.54, 1.807) is 12.1 Å².